The fourth-order valence-electron chi connectivity index (χ4n) is 3.85. The Morgan fingerprint density at radius 1 is 1.16 bits per heavy atom. The molecule has 0 radical (unpaired) electrons. The summed E-state index contributed by atoms with van der Waals surface area (Å²) in [5, 5.41) is 7.16. The van der Waals surface area contributed by atoms with Crippen molar-refractivity contribution in [3.63, 3.8) is 0 Å². The Balaban J connectivity index is 0.00000312. The number of hydrogen-bond donors (Lipinski definition) is 2. The van der Waals surface area contributed by atoms with Crippen molar-refractivity contribution in [1.29, 1.82) is 0 Å². The van der Waals surface area contributed by atoms with Gasteiger partial charge in [-0.25, -0.2) is 0 Å². The van der Waals surface area contributed by atoms with Gasteiger partial charge >= 0.3 is 0 Å². The van der Waals surface area contributed by atoms with Gasteiger partial charge in [0.2, 0.25) is 0 Å². The molecule has 25 heavy (non-hydrogen) atoms. The molecule has 2 aliphatic rings. The van der Waals surface area contributed by atoms with Crippen molar-refractivity contribution in [3.8, 4) is 0 Å². The minimum Gasteiger partial charge on any atom is -0.383 e. The van der Waals surface area contributed by atoms with Gasteiger partial charge in [-0.15, -0.1) is 24.0 Å². The van der Waals surface area contributed by atoms with Gasteiger partial charge in [0.15, 0.2) is 5.96 Å². The number of nitrogens with one attached hydrogen (secondary N) is 2. The van der Waals surface area contributed by atoms with E-state index in [1.807, 2.05) is 7.05 Å². The average molecular weight is 467 g/mol. The van der Waals surface area contributed by atoms with Crippen LogP contribution in [0.2, 0.25) is 0 Å². The van der Waals surface area contributed by atoms with Crippen molar-refractivity contribution in [3.05, 3.63) is 0 Å². The number of likely N-dealkylation sites (tertiary alicyclic amines) is 2. The summed E-state index contributed by atoms with van der Waals surface area (Å²) in [6, 6.07) is 1.16. The highest BCUT2D eigenvalue weighted by Gasteiger charge is 2.24. The maximum Gasteiger partial charge on any atom is 0.191 e. The van der Waals surface area contributed by atoms with E-state index in [1.54, 1.807) is 7.11 Å². The monoisotopic (exact) mass is 467 g/mol. The van der Waals surface area contributed by atoms with E-state index in [9.17, 15) is 0 Å². The molecular formula is C18H38IN5O. The molecule has 2 saturated heterocycles. The molecule has 2 fully saturated rings. The smallest absolute Gasteiger partial charge is 0.191 e. The van der Waals surface area contributed by atoms with Crippen LogP contribution in [0.5, 0.6) is 0 Å². The molecule has 0 amide bonds. The molecule has 6 nitrogen and oxygen atoms in total. The van der Waals surface area contributed by atoms with Crippen LogP contribution < -0.4 is 10.6 Å². The molecule has 1 atom stereocenters. The molecule has 2 rings (SSSR count). The van der Waals surface area contributed by atoms with E-state index in [0.717, 1.165) is 25.7 Å². The standard InChI is InChI=1S/C18H37N5O.HI/c1-4-9-22-11-7-16(8-12-22)21-18(19-2)20-15-17-6-5-10-23(17)13-14-24-3;/h16-17H,4-15H2,1-3H3,(H2,19,20,21);1H. The second-order valence-electron chi connectivity index (χ2n) is 7.04. The van der Waals surface area contributed by atoms with Gasteiger partial charge in [-0.3, -0.25) is 9.89 Å². The van der Waals surface area contributed by atoms with Crippen LogP contribution in [0, 0.1) is 0 Å². The van der Waals surface area contributed by atoms with Crippen molar-refractivity contribution in [1.82, 2.24) is 20.4 Å². The minimum absolute atomic E-state index is 0. The summed E-state index contributed by atoms with van der Waals surface area (Å²) < 4.78 is 5.22. The van der Waals surface area contributed by atoms with E-state index < -0.39 is 0 Å². The molecule has 2 N–H and O–H groups in total. The van der Waals surface area contributed by atoms with Crippen LogP contribution in [0.25, 0.3) is 0 Å². The van der Waals surface area contributed by atoms with Crippen LogP contribution in [0.3, 0.4) is 0 Å². The number of nitrogens with zero attached hydrogens (tertiary/aromatic N) is 3. The van der Waals surface area contributed by atoms with E-state index in [0.29, 0.717) is 12.1 Å². The summed E-state index contributed by atoms with van der Waals surface area (Å²) in [5.74, 6) is 0.961. The van der Waals surface area contributed by atoms with Crippen molar-refractivity contribution in [2.24, 2.45) is 4.99 Å². The molecule has 7 heteroatoms. The Kier molecular flexibility index (Phi) is 12.0. The van der Waals surface area contributed by atoms with Crippen LogP contribution in [0.1, 0.15) is 39.0 Å². The third kappa shape index (κ3) is 7.97. The van der Waals surface area contributed by atoms with Crippen LogP contribution in [-0.2, 0) is 4.74 Å². The summed E-state index contributed by atoms with van der Waals surface area (Å²) in [6.45, 7) is 9.92. The van der Waals surface area contributed by atoms with Gasteiger partial charge in [0.05, 0.1) is 6.61 Å². The zero-order valence-electron chi connectivity index (χ0n) is 16.3. The number of methoxy groups -OCH3 is 1. The molecule has 2 heterocycles. The second-order valence-corrected chi connectivity index (χ2v) is 7.04. The molecule has 0 aliphatic carbocycles. The van der Waals surface area contributed by atoms with Gasteiger partial charge in [-0.05, 0) is 45.2 Å². The molecule has 0 saturated carbocycles. The number of hydrogen-bond acceptors (Lipinski definition) is 4. The number of rotatable bonds is 8. The lowest BCUT2D eigenvalue weighted by molar-refractivity contribution is 0.141. The third-order valence-corrected chi connectivity index (χ3v) is 5.28. The zero-order valence-corrected chi connectivity index (χ0v) is 18.6. The molecule has 0 aromatic rings. The maximum atomic E-state index is 5.22. The van der Waals surface area contributed by atoms with Crippen molar-refractivity contribution >= 4 is 29.9 Å². The van der Waals surface area contributed by atoms with E-state index in [2.05, 4.69) is 32.3 Å². The quantitative estimate of drug-likeness (QED) is 0.324. The first-order valence-corrected chi connectivity index (χ1v) is 9.69. The summed E-state index contributed by atoms with van der Waals surface area (Å²) in [6.07, 6.45) is 6.23. The Labute approximate surface area is 171 Å². The molecule has 0 bridgehead atoms. The van der Waals surface area contributed by atoms with Crippen molar-refractivity contribution in [2.45, 2.75) is 51.1 Å². The van der Waals surface area contributed by atoms with Crippen LogP contribution in [0.15, 0.2) is 4.99 Å². The molecule has 0 spiro atoms. The van der Waals surface area contributed by atoms with E-state index in [1.165, 1.54) is 58.3 Å². The fourth-order valence-corrected chi connectivity index (χ4v) is 3.85. The minimum atomic E-state index is 0. The van der Waals surface area contributed by atoms with Gasteiger partial charge in [-0.1, -0.05) is 6.92 Å². The number of aliphatic imine (C=N–C) groups is 1. The van der Waals surface area contributed by atoms with Gasteiger partial charge in [0, 0.05) is 52.4 Å². The van der Waals surface area contributed by atoms with Gasteiger partial charge in [-0.2, -0.15) is 0 Å². The predicted octanol–water partition coefficient (Wildman–Crippen LogP) is 1.75. The third-order valence-electron chi connectivity index (χ3n) is 5.28. The Morgan fingerprint density at radius 3 is 2.56 bits per heavy atom. The molecule has 0 aromatic heterocycles. The lowest BCUT2D eigenvalue weighted by Crippen LogP contribution is -2.51. The van der Waals surface area contributed by atoms with E-state index in [-0.39, 0.29) is 24.0 Å². The molecule has 148 valence electrons. The highest BCUT2D eigenvalue weighted by atomic mass is 127. The highest BCUT2D eigenvalue weighted by molar-refractivity contribution is 14.0. The molecular weight excluding hydrogens is 429 g/mol. The largest absolute Gasteiger partial charge is 0.383 e. The van der Waals surface area contributed by atoms with Crippen molar-refractivity contribution < 1.29 is 4.74 Å². The second kappa shape index (κ2) is 13.1. The Bertz CT molecular complexity index is 374. The van der Waals surface area contributed by atoms with Gasteiger partial charge in [0.25, 0.3) is 0 Å². The lowest BCUT2D eigenvalue weighted by Gasteiger charge is -2.33. The topological polar surface area (TPSA) is 52.1 Å². The Hall–Kier alpha value is -0.120. The summed E-state index contributed by atoms with van der Waals surface area (Å²) >= 11 is 0. The van der Waals surface area contributed by atoms with Crippen LogP contribution >= 0.6 is 24.0 Å². The highest BCUT2D eigenvalue weighted by Crippen LogP contribution is 2.16. The number of piperidine rings is 1. The Morgan fingerprint density at radius 2 is 1.92 bits per heavy atom. The SMILES string of the molecule is CCCN1CCC(NC(=NC)NCC2CCCN2CCOC)CC1.I. The first kappa shape index (κ1) is 22.9. The molecule has 2 aliphatic heterocycles. The predicted molar refractivity (Wildman–Crippen MR) is 116 cm³/mol. The van der Waals surface area contributed by atoms with Crippen LogP contribution in [0.4, 0.5) is 0 Å². The maximum absolute atomic E-state index is 5.22. The molecule has 0 aromatic carbocycles. The normalized spacial score (nSPS) is 23.5. The van der Waals surface area contributed by atoms with Crippen LogP contribution in [-0.4, -0.2) is 87.9 Å². The van der Waals surface area contributed by atoms with E-state index in [4.69, 9.17) is 4.74 Å². The number of guanidine groups is 1. The summed E-state index contributed by atoms with van der Waals surface area (Å²) in [7, 11) is 3.65. The van der Waals surface area contributed by atoms with Gasteiger partial charge in [0.1, 0.15) is 0 Å². The first-order chi connectivity index (χ1) is 11.8. The summed E-state index contributed by atoms with van der Waals surface area (Å²) in [5.41, 5.74) is 0. The molecule has 1 unspecified atom stereocenters. The zero-order chi connectivity index (χ0) is 17.2. The van der Waals surface area contributed by atoms with E-state index >= 15 is 0 Å². The average Bonchev–Trinajstić information content (AvgIpc) is 3.06. The number of ether oxygens (including phenoxy) is 1. The van der Waals surface area contributed by atoms with Crippen molar-refractivity contribution in [2.75, 3.05) is 60.0 Å². The summed E-state index contributed by atoms with van der Waals surface area (Å²) in [4.78, 5) is 9.53. The lowest BCUT2D eigenvalue weighted by atomic mass is 10.1. The fraction of sp³-hybridized carbons (Fsp3) is 0.944. The number of halogens is 1. The first-order valence-electron chi connectivity index (χ1n) is 9.69. The van der Waals surface area contributed by atoms with Gasteiger partial charge < -0.3 is 20.3 Å².